The molecule has 0 nitrogen and oxygen atoms in total. The van der Waals surface area contributed by atoms with Crippen LogP contribution in [-0.2, 0) is 0 Å². The number of rotatable bonds is 5. The van der Waals surface area contributed by atoms with Gasteiger partial charge in [-0.2, -0.15) is 0 Å². The van der Waals surface area contributed by atoms with Gasteiger partial charge in [-0.3, -0.25) is 0 Å². The van der Waals surface area contributed by atoms with Gasteiger partial charge < -0.3 is 0 Å². The lowest BCUT2D eigenvalue weighted by molar-refractivity contribution is 1.55. The summed E-state index contributed by atoms with van der Waals surface area (Å²) in [6.45, 7) is 0. The average Bonchev–Trinajstić information content (AvgIpc) is 3.23. The van der Waals surface area contributed by atoms with Crippen LogP contribution in [-0.4, -0.2) is 0 Å². The van der Waals surface area contributed by atoms with Gasteiger partial charge in [0.15, 0.2) is 0 Å². The summed E-state index contributed by atoms with van der Waals surface area (Å²) in [7, 11) is 0. The Kier molecular flexibility index (Phi) is 9.38. The van der Waals surface area contributed by atoms with E-state index in [1.807, 2.05) is 24.3 Å². The van der Waals surface area contributed by atoms with Crippen LogP contribution >= 0.6 is 0 Å². The van der Waals surface area contributed by atoms with E-state index in [9.17, 15) is 0 Å². The summed E-state index contributed by atoms with van der Waals surface area (Å²) in [4.78, 5) is 0. The molecule has 8 aromatic carbocycles. The van der Waals surface area contributed by atoms with Crippen LogP contribution in [0.15, 0.2) is 206 Å². The molecule has 0 aliphatic heterocycles. The van der Waals surface area contributed by atoms with Gasteiger partial charge in [0.2, 0.25) is 0 Å². The van der Waals surface area contributed by atoms with Crippen molar-refractivity contribution in [1.29, 1.82) is 0 Å². The van der Waals surface area contributed by atoms with Gasteiger partial charge in [0, 0.05) is 22.3 Å². The molecule has 0 fully saturated rings. The van der Waals surface area contributed by atoms with Crippen molar-refractivity contribution >= 4 is 0 Å². The molecule has 0 amide bonds. The predicted molar refractivity (Wildman–Crippen MR) is 218 cm³/mol. The van der Waals surface area contributed by atoms with E-state index in [-0.39, 0.29) is 0 Å². The Hall–Kier alpha value is -7.12. The van der Waals surface area contributed by atoms with E-state index >= 15 is 0 Å². The molecule has 0 radical (unpaired) electrons. The maximum Gasteiger partial charge on any atom is 0.0261 e. The molecule has 0 aliphatic rings. The minimum Gasteiger partial charge on any atom is -0.0622 e. The molecule has 0 unspecified atom stereocenters. The second-order valence-corrected chi connectivity index (χ2v) is 12.7. The van der Waals surface area contributed by atoms with Crippen LogP contribution in [0.1, 0.15) is 22.3 Å². The van der Waals surface area contributed by atoms with Gasteiger partial charge in [-0.05, 0) is 116 Å². The molecule has 242 valence electrons. The van der Waals surface area contributed by atoms with Crippen LogP contribution in [0.5, 0.6) is 0 Å². The zero-order valence-electron chi connectivity index (χ0n) is 28.6. The Labute approximate surface area is 306 Å². The smallest absolute Gasteiger partial charge is 0.0261 e. The van der Waals surface area contributed by atoms with Gasteiger partial charge in [-0.25, -0.2) is 0 Å². The lowest BCUT2D eigenvalue weighted by atomic mass is 9.96. The quantitative estimate of drug-likeness (QED) is 0.161. The van der Waals surface area contributed by atoms with Crippen LogP contribution < -0.4 is 0 Å². The maximum absolute atomic E-state index is 3.47. The number of hydrogen-bond donors (Lipinski definition) is 0. The van der Waals surface area contributed by atoms with Crippen molar-refractivity contribution in [1.82, 2.24) is 0 Å². The van der Waals surface area contributed by atoms with Crippen LogP contribution in [0.25, 0.3) is 55.6 Å². The molecular formula is C52H34. The molecule has 0 saturated carbocycles. The van der Waals surface area contributed by atoms with E-state index in [4.69, 9.17) is 0 Å². The predicted octanol–water partition coefficient (Wildman–Crippen LogP) is 12.8. The van der Waals surface area contributed by atoms with Crippen molar-refractivity contribution in [3.05, 3.63) is 229 Å². The first-order chi connectivity index (χ1) is 25.7. The second kappa shape index (κ2) is 15.2. The fourth-order valence-corrected chi connectivity index (χ4v) is 6.43. The summed E-state index contributed by atoms with van der Waals surface area (Å²) in [5, 5.41) is 0. The molecule has 8 aromatic rings. The first kappa shape index (κ1) is 32.1. The average molecular weight is 659 g/mol. The third-order valence-corrected chi connectivity index (χ3v) is 9.06. The molecule has 0 aromatic heterocycles. The largest absolute Gasteiger partial charge is 0.0622 e. The van der Waals surface area contributed by atoms with Crippen molar-refractivity contribution in [3.8, 4) is 79.3 Å². The van der Waals surface area contributed by atoms with E-state index in [0.717, 1.165) is 55.6 Å². The Morgan fingerprint density at radius 2 is 0.423 bits per heavy atom. The Balaban J connectivity index is 1.09. The first-order valence-electron chi connectivity index (χ1n) is 17.5. The normalized spacial score (nSPS) is 10.4. The summed E-state index contributed by atoms with van der Waals surface area (Å²) >= 11 is 0. The SMILES string of the molecule is C(#Cc1cc(-c2ccccc2)cc(-c2ccccc2)c1)c1cccc(-c2cccc(C#Cc3cc(-c4ccccc4)cc(-c4ccccc4)c3)c2)c1. The highest BCUT2D eigenvalue weighted by molar-refractivity contribution is 5.77. The van der Waals surface area contributed by atoms with E-state index in [2.05, 4.69) is 206 Å². The summed E-state index contributed by atoms with van der Waals surface area (Å²) in [5.74, 6) is 13.8. The van der Waals surface area contributed by atoms with E-state index in [1.54, 1.807) is 0 Å². The third-order valence-electron chi connectivity index (χ3n) is 9.06. The fourth-order valence-electron chi connectivity index (χ4n) is 6.43. The zero-order valence-corrected chi connectivity index (χ0v) is 28.6. The molecule has 0 saturated heterocycles. The second-order valence-electron chi connectivity index (χ2n) is 12.7. The molecular weight excluding hydrogens is 625 g/mol. The molecule has 0 spiro atoms. The van der Waals surface area contributed by atoms with Crippen LogP contribution in [0.4, 0.5) is 0 Å². The summed E-state index contributed by atoms with van der Waals surface area (Å²) in [6, 6.07) is 72.1. The lowest BCUT2D eigenvalue weighted by Crippen LogP contribution is -1.86. The highest BCUT2D eigenvalue weighted by Gasteiger charge is 2.07. The number of hydrogen-bond acceptors (Lipinski definition) is 0. The van der Waals surface area contributed by atoms with Crippen LogP contribution in [0.2, 0.25) is 0 Å². The highest BCUT2D eigenvalue weighted by Crippen LogP contribution is 2.30. The van der Waals surface area contributed by atoms with E-state index < -0.39 is 0 Å². The first-order valence-corrected chi connectivity index (χ1v) is 17.5. The van der Waals surface area contributed by atoms with Crippen molar-refractivity contribution in [3.63, 3.8) is 0 Å². The summed E-state index contributed by atoms with van der Waals surface area (Å²) in [6.07, 6.45) is 0. The summed E-state index contributed by atoms with van der Waals surface area (Å²) < 4.78 is 0. The Bertz CT molecular complexity index is 2290. The standard InChI is InChI=1S/C52H34/c1-5-17-43(18-6-1)49-33-41(34-50(37-49)44-19-7-2-8-20-44)29-27-39-15-13-25-47(31-39)48-26-14-16-40(32-48)28-30-42-35-51(45-21-9-3-10-22-45)38-52(36-42)46-23-11-4-12-24-46/h1-26,31-38H. The number of benzene rings is 8. The van der Waals surface area contributed by atoms with Crippen molar-refractivity contribution in [2.75, 3.05) is 0 Å². The van der Waals surface area contributed by atoms with Gasteiger partial charge in [-0.1, -0.05) is 169 Å². The molecule has 52 heavy (non-hydrogen) atoms. The minimum atomic E-state index is 0.964. The molecule has 0 heterocycles. The van der Waals surface area contributed by atoms with Gasteiger partial charge in [-0.15, -0.1) is 0 Å². The van der Waals surface area contributed by atoms with Gasteiger partial charge >= 0.3 is 0 Å². The van der Waals surface area contributed by atoms with Gasteiger partial charge in [0.25, 0.3) is 0 Å². The molecule has 0 bridgehead atoms. The topological polar surface area (TPSA) is 0 Å². The van der Waals surface area contributed by atoms with E-state index in [1.165, 1.54) is 22.3 Å². The molecule has 0 heteroatoms. The third kappa shape index (κ3) is 7.69. The van der Waals surface area contributed by atoms with Crippen LogP contribution in [0, 0.1) is 23.7 Å². The molecule has 8 rings (SSSR count). The summed E-state index contributed by atoms with van der Waals surface area (Å²) in [5.41, 5.74) is 15.4. The van der Waals surface area contributed by atoms with Gasteiger partial charge in [0.05, 0.1) is 0 Å². The minimum absolute atomic E-state index is 0.964. The van der Waals surface area contributed by atoms with Crippen molar-refractivity contribution < 1.29 is 0 Å². The fraction of sp³-hybridized carbons (Fsp3) is 0. The molecule has 0 atom stereocenters. The van der Waals surface area contributed by atoms with E-state index in [0.29, 0.717) is 0 Å². The lowest BCUT2D eigenvalue weighted by Gasteiger charge is -2.08. The Morgan fingerprint density at radius 1 is 0.173 bits per heavy atom. The highest BCUT2D eigenvalue weighted by atomic mass is 14.1. The Morgan fingerprint density at radius 3 is 0.731 bits per heavy atom. The maximum atomic E-state index is 3.47. The molecule has 0 N–H and O–H groups in total. The van der Waals surface area contributed by atoms with Crippen LogP contribution in [0.3, 0.4) is 0 Å². The molecule has 0 aliphatic carbocycles. The van der Waals surface area contributed by atoms with Crippen molar-refractivity contribution in [2.45, 2.75) is 0 Å². The van der Waals surface area contributed by atoms with Crippen molar-refractivity contribution in [2.24, 2.45) is 0 Å². The monoisotopic (exact) mass is 658 g/mol. The van der Waals surface area contributed by atoms with Gasteiger partial charge in [0.1, 0.15) is 0 Å². The zero-order chi connectivity index (χ0) is 35.0.